The van der Waals surface area contributed by atoms with Gasteiger partial charge in [-0.2, -0.15) is 4.98 Å². The van der Waals surface area contributed by atoms with Crippen LogP contribution >= 0.6 is 0 Å². The van der Waals surface area contributed by atoms with E-state index in [4.69, 9.17) is 4.74 Å². The number of hydrogen-bond acceptors (Lipinski definition) is 4. The molecule has 0 bridgehead atoms. The summed E-state index contributed by atoms with van der Waals surface area (Å²) in [7, 11) is 3.22. The number of nitrogens with zero attached hydrogens (tertiary/aromatic N) is 3. The molecule has 1 aromatic carbocycles. The Hall–Kier alpha value is -2.31. The summed E-state index contributed by atoms with van der Waals surface area (Å²) in [6, 6.07) is 5.98. The molecule has 136 valence electrons. The van der Waals surface area contributed by atoms with Crippen LogP contribution in [0.4, 0.5) is 14.6 Å². The van der Waals surface area contributed by atoms with E-state index in [2.05, 4.69) is 9.88 Å². The average molecular weight is 359 g/mol. The van der Waals surface area contributed by atoms with Crippen molar-refractivity contribution in [3.05, 3.63) is 51.9 Å². The van der Waals surface area contributed by atoms with Gasteiger partial charge in [0.1, 0.15) is 5.82 Å². The molecule has 0 spiro atoms. The van der Waals surface area contributed by atoms with Crippen molar-refractivity contribution >= 4 is 21.5 Å². The van der Waals surface area contributed by atoms with Crippen LogP contribution in [0.5, 0.6) is 5.88 Å². The van der Waals surface area contributed by atoms with Gasteiger partial charge in [-0.15, -0.1) is 0 Å². The first-order valence-corrected chi connectivity index (χ1v) is 8.65. The van der Waals surface area contributed by atoms with Crippen molar-refractivity contribution < 1.29 is 13.5 Å². The first-order chi connectivity index (χ1) is 12.1. The summed E-state index contributed by atoms with van der Waals surface area (Å²) in [4.78, 5) is 18.5. The Morgan fingerprint density at radius 3 is 2.69 bits per heavy atom. The minimum absolute atomic E-state index is 0.0639. The molecule has 0 radical (unpaired) electrons. The molecular weight excluding hydrogens is 338 g/mol. The highest BCUT2D eigenvalue weighted by Crippen LogP contribution is 2.31. The molecule has 1 aromatic heterocycles. The normalized spacial score (nSPS) is 16.8. The number of aromatic nitrogens is 2. The summed E-state index contributed by atoms with van der Waals surface area (Å²) >= 11 is 0. The highest BCUT2D eigenvalue weighted by Gasteiger charge is 2.32. The average Bonchev–Trinajstić information content (AvgIpc) is 2.86. The molecule has 2 aromatic rings. The van der Waals surface area contributed by atoms with Crippen LogP contribution in [0.15, 0.2) is 29.1 Å². The molecule has 0 saturated carbocycles. The van der Waals surface area contributed by atoms with Gasteiger partial charge in [-0.3, -0.25) is 4.57 Å². The molecule has 5 nitrogen and oxygen atoms in total. The number of rotatable bonds is 4. The van der Waals surface area contributed by atoms with Gasteiger partial charge >= 0.3 is 5.69 Å². The summed E-state index contributed by atoms with van der Waals surface area (Å²) < 4.78 is 35.2. The zero-order chi connectivity index (χ0) is 19.2. The number of fused-ring (bicyclic) bond motifs is 1. The Morgan fingerprint density at radius 1 is 1.35 bits per heavy atom. The molecule has 3 rings (SSSR count). The third kappa shape index (κ3) is 3.10. The molecule has 0 amide bonds. The maximum absolute atomic E-state index is 14.2. The number of ether oxygens (including phenoxy) is 1. The second-order valence-corrected chi connectivity index (χ2v) is 7.41. The van der Waals surface area contributed by atoms with Crippen LogP contribution < -0.4 is 15.3 Å². The Morgan fingerprint density at radius 2 is 2.04 bits per heavy atom. The zero-order valence-corrected chi connectivity index (χ0v) is 15.6. The van der Waals surface area contributed by atoms with Gasteiger partial charge in [0.15, 0.2) is 27.3 Å². The lowest BCUT2D eigenvalue weighted by molar-refractivity contribution is 0.225. The van der Waals surface area contributed by atoms with Crippen LogP contribution in [0, 0.1) is 11.6 Å². The molecule has 2 heterocycles. The van der Waals surface area contributed by atoms with Gasteiger partial charge < -0.3 is 9.64 Å². The van der Waals surface area contributed by atoms with Gasteiger partial charge in [-0.1, -0.05) is 12.1 Å². The molecular formula is C17H21B2F2N3O2. The fourth-order valence-electron chi connectivity index (χ4n) is 3.55. The zero-order valence-electron chi connectivity index (χ0n) is 15.6. The van der Waals surface area contributed by atoms with Crippen molar-refractivity contribution in [2.75, 3.05) is 4.90 Å². The summed E-state index contributed by atoms with van der Waals surface area (Å²) in [6.07, 6.45) is 0. The van der Waals surface area contributed by atoms with E-state index in [1.165, 1.54) is 12.1 Å². The Balaban J connectivity index is 2.00. The maximum Gasteiger partial charge on any atom is 0.352 e. The molecule has 0 fully saturated rings. The van der Waals surface area contributed by atoms with E-state index in [9.17, 15) is 13.6 Å². The van der Waals surface area contributed by atoms with Crippen LogP contribution in [0.25, 0.3) is 0 Å². The summed E-state index contributed by atoms with van der Waals surface area (Å²) in [5.41, 5.74) is -0.350. The highest BCUT2D eigenvalue weighted by molar-refractivity contribution is 6.39. The lowest BCUT2D eigenvalue weighted by atomic mass is 9.61. The van der Waals surface area contributed by atoms with Gasteiger partial charge in [0.2, 0.25) is 5.88 Å². The quantitative estimate of drug-likeness (QED) is 0.751. The van der Waals surface area contributed by atoms with E-state index in [1.807, 2.05) is 20.8 Å². The fraction of sp³-hybridized carbons (Fsp3) is 0.412. The molecule has 26 heavy (non-hydrogen) atoms. The van der Waals surface area contributed by atoms with E-state index in [0.717, 1.165) is 11.9 Å². The molecule has 0 aliphatic carbocycles. The predicted molar refractivity (Wildman–Crippen MR) is 101 cm³/mol. The van der Waals surface area contributed by atoms with Crippen molar-refractivity contribution in [2.45, 2.75) is 44.8 Å². The number of hydrogen-bond donors (Lipinski definition) is 0. The van der Waals surface area contributed by atoms with Crippen LogP contribution in [-0.2, 0) is 11.9 Å². The Bertz CT molecular complexity index is 902. The lowest BCUT2D eigenvalue weighted by Crippen LogP contribution is -2.37. The predicted octanol–water partition coefficient (Wildman–Crippen LogP) is 0.594. The maximum atomic E-state index is 14.2. The lowest BCUT2D eigenvalue weighted by Gasteiger charge is -2.29. The van der Waals surface area contributed by atoms with E-state index in [0.29, 0.717) is 6.54 Å². The van der Waals surface area contributed by atoms with Crippen molar-refractivity contribution in [2.24, 2.45) is 0 Å². The third-order valence-corrected chi connectivity index (χ3v) is 4.67. The number of benzene rings is 1. The van der Waals surface area contributed by atoms with E-state index in [-0.39, 0.29) is 23.5 Å². The van der Waals surface area contributed by atoms with Crippen molar-refractivity contribution in [1.82, 2.24) is 9.55 Å². The molecule has 0 unspecified atom stereocenters. The van der Waals surface area contributed by atoms with Crippen LogP contribution in [0.2, 0.25) is 0 Å². The number of anilines is 1. The van der Waals surface area contributed by atoms with Crippen molar-refractivity contribution in [1.29, 1.82) is 0 Å². The monoisotopic (exact) mass is 359 g/mol. The SMILES string of the molecule is BC(B)(Oc1cc2n(c(=O)n1)C[C@H](C)N2C(C)C)c1cccc(F)c1F. The number of halogens is 2. The smallest absolute Gasteiger partial charge is 0.352 e. The summed E-state index contributed by atoms with van der Waals surface area (Å²) in [6.45, 7) is 6.69. The second-order valence-electron chi connectivity index (χ2n) is 7.41. The Kier molecular flexibility index (Phi) is 4.58. The molecule has 1 atom stereocenters. The molecule has 1 aliphatic rings. The largest absolute Gasteiger partial charge is 0.485 e. The minimum Gasteiger partial charge on any atom is -0.485 e. The second kappa shape index (κ2) is 6.45. The van der Waals surface area contributed by atoms with Crippen molar-refractivity contribution in [3.8, 4) is 5.88 Å². The Labute approximate surface area is 152 Å². The van der Waals surface area contributed by atoms with Crippen LogP contribution in [0.1, 0.15) is 26.3 Å². The van der Waals surface area contributed by atoms with Gasteiger partial charge in [0.05, 0.1) is 5.40 Å². The first-order valence-electron chi connectivity index (χ1n) is 8.65. The van der Waals surface area contributed by atoms with E-state index >= 15 is 0 Å². The minimum atomic E-state index is -1.20. The topological polar surface area (TPSA) is 47.4 Å². The fourth-order valence-corrected chi connectivity index (χ4v) is 3.55. The van der Waals surface area contributed by atoms with Gasteiger partial charge in [-0.05, 0) is 26.8 Å². The third-order valence-electron chi connectivity index (χ3n) is 4.67. The molecule has 9 heteroatoms. The van der Waals surface area contributed by atoms with Crippen molar-refractivity contribution in [3.63, 3.8) is 0 Å². The van der Waals surface area contributed by atoms with Gasteiger partial charge in [0, 0.05) is 30.3 Å². The van der Waals surface area contributed by atoms with Crippen LogP contribution in [0.3, 0.4) is 0 Å². The summed E-state index contributed by atoms with van der Waals surface area (Å²) in [5, 5.41) is -1.20. The molecule has 0 N–H and O–H groups in total. The van der Waals surface area contributed by atoms with E-state index < -0.39 is 22.7 Å². The molecule has 0 saturated heterocycles. The molecule has 1 aliphatic heterocycles. The standard InChI is InChI=1S/C17H21B2F2N3O2/c1-9(2)24-10(3)8-23-14(24)7-13(22-16(23)25)26-17(18,19)11-5-4-6-12(20)15(11)21/h4-7,9-10H,8,18-19H2,1-3H3/t10-/m0/s1. The van der Waals surface area contributed by atoms with Gasteiger partial charge in [-0.25, -0.2) is 13.6 Å². The van der Waals surface area contributed by atoms with E-state index in [1.54, 1.807) is 26.3 Å². The highest BCUT2D eigenvalue weighted by atomic mass is 19.2. The summed E-state index contributed by atoms with van der Waals surface area (Å²) in [5.74, 6) is -1.10. The first kappa shape index (κ1) is 18.5. The van der Waals surface area contributed by atoms with Crippen LogP contribution in [-0.4, -0.2) is 37.3 Å². The van der Waals surface area contributed by atoms with Gasteiger partial charge in [0.25, 0.3) is 0 Å².